The van der Waals surface area contributed by atoms with Crippen molar-refractivity contribution in [1.29, 1.82) is 0 Å². The molecule has 1 unspecified atom stereocenters. The van der Waals surface area contributed by atoms with E-state index in [2.05, 4.69) is 0 Å². The van der Waals surface area contributed by atoms with Crippen molar-refractivity contribution in [2.24, 2.45) is 5.73 Å². The third kappa shape index (κ3) is 1.91. The van der Waals surface area contributed by atoms with E-state index in [-0.39, 0.29) is 17.6 Å². The highest BCUT2D eigenvalue weighted by molar-refractivity contribution is 5.82. The fraction of sp³-hybridized carbons (Fsp3) is 0.900. The Labute approximate surface area is 84.4 Å². The van der Waals surface area contributed by atoms with Crippen LogP contribution in [0.2, 0.25) is 0 Å². The molecule has 4 nitrogen and oxygen atoms in total. The standard InChI is InChI=1S/C10H18N2O2/c1-10(11)6-12(7-10)9(13)8-4-2-3-5-14-8/h8H,2-7,11H2,1H3. The second kappa shape index (κ2) is 3.51. The number of nitrogens with two attached hydrogens (primary N) is 1. The number of carbonyl (C=O) groups is 1. The molecule has 1 amide bonds. The number of likely N-dealkylation sites (tertiary alicyclic amines) is 1. The Kier molecular flexibility index (Phi) is 2.49. The van der Waals surface area contributed by atoms with Crippen LogP contribution in [-0.4, -0.2) is 42.1 Å². The Morgan fingerprint density at radius 3 is 2.71 bits per heavy atom. The summed E-state index contributed by atoms with van der Waals surface area (Å²) in [5, 5.41) is 0. The van der Waals surface area contributed by atoms with Crippen molar-refractivity contribution >= 4 is 5.91 Å². The van der Waals surface area contributed by atoms with Crippen molar-refractivity contribution in [1.82, 2.24) is 4.90 Å². The molecule has 14 heavy (non-hydrogen) atoms. The SMILES string of the molecule is CC1(N)CN(C(=O)C2CCCCO2)C1. The van der Waals surface area contributed by atoms with Crippen LogP contribution in [0, 0.1) is 0 Å². The van der Waals surface area contributed by atoms with E-state index in [1.165, 1.54) is 0 Å². The van der Waals surface area contributed by atoms with Crippen LogP contribution < -0.4 is 5.73 Å². The lowest BCUT2D eigenvalue weighted by molar-refractivity contribution is -0.153. The van der Waals surface area contributed by atoms with E-state index < -0.39 is 0 Å². The molecule has 2 N–H and O–H groups in total. The first-order chi connectivity index (χ1) is 6.58. The smallest absolute Gasteiger partial charge is 0.251 e. The minimum Gasteiger partial charge on any atom is -0.368 e. The van der Waals surface area contributed by atoms with Gasteiger partial charge in [0.2, 0.25) is 0 Å². The highest BCUT2D eigenvalue weighted by atomic mass is 16.5. The fourth-order valence-electron chi connectivity index (χ4n) is 2.12. The molecule has 80 valence electrons. The Hall–Kier alpha value is -0.610. The zero-order valence-corrected chi connectivity index (χ0v) is 8.66. The summed E-state index contributed by atoms with van der Waals surface area (Å²) in [5.41, 5.74) is 5.67. The van der Waals surface area contributed by atoms with Crippen LogP contribution in [0.3, 0.4) is 0 Å². The van der Waals surface area contributed by atoms with E-state index in [9.17, 15) is 4.79 Å². The van der Waals surface area contributed by atoms with Gasteiger partial charge in [-0.25, -0.2) is 0 Å². The number of rotatable bonds is 1. The van der Waals surface area contributed by atoms with Crippen molar-refractivity contribution < 1.29 is 9.53 Å². The lowest BCUT2D eigenvalue weighted by Crippen LogP contribution is -2.68. The van der Waals surface area contributed by atoms with Crippen LogP contribution in [-0.2, 0) is 9.53 Å². The highest BCUT2D eigenvalue weighted by Gasteiger charge is 2.40. The van der Waals surface area contributed by atoms with Crippen molar-refractivity contribution in [2.45, 2.75) is 37.8 Å². The summed E-state index contributed by atoms with van der Waals surface area (Å²) in [7, 11) is 0. The van der Waals surface area contributed by atoms with Gasteiger partial charge >= 0.3 is 0 Å². The predicted molar refractivity (Wildman–Crippen MR) is 52.8 cm³/mol. The van der Waals surface area contributed by atoms with Gasteiger partial charge in [-0.1, -0.05) is 0 Å². The van der Waals surface area contributed by atoms with Crippen LogP contribution in [0.25, 0.3) is 0 Å². The van der Waals surface area contributed by atoms with Gasteiger partial charge < -0.3 is 15.4 Å². The van der Waals surface area contributed by atoms with Gasteiger partial charge in [-0.3, -0.25) is 4.79 Å². The summed E-state index contributed by atoms with van der Waals surface area (Å²) < 4.78 is 5.43. The molecular weight excluding hydrogens is 180 g/mol. The number of ether oxygens (including phenoxy) is 1. The molecule has 0 saturated carbocycles. The molecule has 0 aliphatic carbocycles. The fourth-order valence-corrected chi connectivity index (χ4v) is 2.12. The van der Waals surface area contributed by atoms with Gasteiger partial charge in [-0.15, -0.1) is 0 Å². The minimum absolute atomic E-state index is 0.132. The Balaban J connectivity index is 1.84. The van der Waals surface area contributed by atoms with Crippen LogP contribution in [0.4, 0.5) is 0 Å². The maximum absolute atomic E-state index is 11.8. The van der Waals surface area contributed by atoms with Gasteiger partial charge in [-0.05, 0) is 26.2 Å². The Morgan fingerprint density at radius 1 is 1.50 bits per heavy atom. The summed E-state index contributed by atoms with van der Waals surface area (Å²) >= 11 is 0. The Bertz CT molecular complexity index is 226. The topological polar surface area (TPSA) is 55.6 Å². The molecule has 0 aromatic heterocycles. The zero-order valence-electron chi connectivity index (χ0n) is 8.66. The second-order valence-corrected chi connectivity index (χ2v) is 4.70. The van der Waals surface area contributed by atoms with Crippen molar-refractivity contribution in [3.05, 3.63) is 0 Å². The van der Waals surface area contributed by atoms with Gasteiger partial charge in [0.05, 0.1) is 0 Å². The lowest BCUT2D eigenvalue weighted by atomic mass is 9.92. The maximum Gasteiger partial charge on any atom is 0.251 e. The number of amides is 1. The largest absolute Gasteiger partial charge is 0.368 e. The first-order valence-corrected chi connectivity index (χ1v) is 5.28. The summed E-state index contributed by atoms with van der Waals surface area (Å²) in [5.74, 6) is 0.132. The molecular formula is C10H18N2O2. The van der Waals surface area contributed by atoms with E-state index >= 15 is 0 Å². The van der Waals surface area contributed by atoms with Crippen molar-refractivity contribution in [3.8, 4) is 0 Å². The van der Waals surface area contributed by atoms with Gasteiger partial charge in [0.15, 0.2) is 0 Å². The molecule has 1 atom stereocenters. The van der Waals surface area contributed by atoms with Gasteiger partial charge in [0, 0.05) is 25.2 Å². The molecule has 2 fully saturated rings. The molecule has 0 aromatic rings. The first kappa shape index (κ1) is 9.93. The van der Waals surface area contributed by atoms with Crippen molar-refractivity contribution in [2.75, 3.05) is 19.7 Å². The quantitative estimate of drug-likeness (QED) is 0.651. The number of hydrogen-bond acceptors (Lipinski definition) is 3. The average molecular weight is 198 g/mol. The molecule has 0 aromatic carbocycles. The van der Waals surface area contributed by atoms with Gasteiger partial charge in [-0.2, -0.15) is 0 Å². The van der Waals surface area contributed by atoms with E-state index in [4.69, 9.17) is 10.5 Å². The van der Waals surface area contributed by atoms with Crippen molar-refractivity contribution in [3.63, 3.8) is 0 Å². The monoisotopic (exact) mass is 198 g/mol. The van der Waals surface area contributed by atoms with E-state index in [1.54, 1.807) is 4.90 Å². The summed E-state index contributed by atoms with van der Waals surface area (Å²) in [6, 6.07) is 0. The van der Waals surface area contributed by atoms with E-state index in [1.807, 2.05) is 6.92 Å². The summed E-state index contributed by atoms with van der Waals surface area (Å²) in [6.45, 7) is 4.04. The summed E-state index contributed by atoms with van der Waals surface area (Å²) in [6.07, 6.45) is 2.86. The number of hydrogen-bond donors (Lipinski definition) is 1. The van der Waals surface area contributed by atoms with Crippen LogP contribution in [0.5, 0.6) is 0 Å². The number of nitrogens with zero attached hydrogens (tertiary/aromatic N) is 1. The van der Waals surface area contributed by atoms with Crippen LogP contribution >= 0.6 is 0 Å². The first-order valence-electron chi connectivity index (χ1n) is 5.28. The molecule has 0 bridgehead atoms. The molecule has 2 heterocycles. The van der Waals surface area contributed by atoms with Crippen LogP contribution in [0.1, 0.15) is 26.2 Å². The van der Waals surface area contributed by atoms with E-state index in [0.29, 0.717) is 13.1 Å². The summed E-state index contributed by atoms with van der Waals surface area (Å²) in [4.78, 5) is 13.6. The zero-order chi connectivity index (χ0) is 10.2. The van der Waals surface area contributed by atoms with Gasteiger partial charge in [0.1, 0.15) is 6.10 Å². The molecule has 2 aliphatic heterocycles. The molecule has 0 radical (unpaired) electrons. The third-order valence-corrected chi connectivity index (χ3v) is 2.87. The molecule has 0 spiro atoms. The second-order valence-electron chi connectivity index (χ2n) is 4.70. The minimum atomic E-state index is -0.195. The Morgan fingerprint density at radius 2 is 2.21 bits per heavy atom. The van der Waals surface area contributed by atoms with Gasteiger partial charge in [0.25, 0.3) is 5.91 Å². The normalized spacial score (nSPS) is 31.0. The molecule has 2 saturated heterocycles. The molecule has 2 rings (SSSR count). The highest BCUT2D eigenvalue weighted by Crippen LogP contribution is 2.22. The predicted octanol–water partition coefficient (Wildman–Crippen LogP) is 0.115. The maximum atomic E-state index is 11.8. The lowest BCUT2D eigenvalue weighted by Gasteiger charge is -2.46. The molecule has 4 heteroatoms. The van der Waals surface area contributed by atoms with Crippen LogP contribution in [0.15, 0.2) is 0 Å². The third-order valence-electron chi connectivity index (χ3n) is 2.87. The molecule has 2 aliphatic rings. The average Bonchev–Trinajstić information content (AvgIpc) is 2.14. The number of carbonyl (C=O) groups excluding carboxylic acids is 1. The van der Waals surface area contributed by atoms with E-state index in [0.717, 1.165) is 25.9 Å².